The van der Waals surface area contributed by atoms with E-state index in [9.17, 15) is 0 Å². The fourth-order valence-corrected chi connectivity index (χ4v) is 3.28. The molecule has 140 valence electrons. The van der Waals surface area contributed by atoms with Gasteiger partial charge in [0.25, 0.3) is 0 Å². The highest BCUT2D eigenvalue weighted by molar-refractivity contribution is 6.35. The van der Waals surface area contributed by atoms with Gasteiger partial charge in [0.2, 0.25) is 0 Å². The van der Waals surface area contributed by atoms with Crippen molar-refractivity contribution in [2.75, 3.05) is 6.54 Å². The number of benzene rings is 1. The van der Waals surface area contributed by atoms with Gasteiger partial charge in [0.05, 0.1) is 0 Å². The normalized spacial score (nSPS) is 10.6. The minimum absolute atomic E-state index is 0. The van der Waals surface area contributed by atoms with Crippen LogP contribution in [-0.2, 0) is 6.54 Å². The predicted octanol–water partition coefficient (Wildman–Crippen LogP) is 7.82. The molecule has 0 aliphatic rings. The molecule has 0 heterocycles. The van der Waals surface area contributed by atoms with Crippen LogP contribution in [0.15, 0.2) is 18.2 Å². The molecule has 0 saturated heterocycles. The van der Waals surface area contributed by atoms with Gasteiger partial charge in [-0.3, -0.25) is 0 Å². The van der Waals surface area contributed by atoms with Crippen molar-refractivity contribution in [3.8, 4) is 0 Å². The lowest BCUT2D eigenvalue weighted by molar-refractivity contribution is 0.539. The van der Waals surface area contributed by atoms with Gasteiger partial charge in [-0.05, 0) is 30.7 Å². The molecule has 1 nitrogen and oxygen atoms in total. The van der Waals surface area contributed by atoms with Gasteiger partial charge in [-0.15, -0.1) is 12.4 Å². The zero-order chi connectivity index (χ0) is 16.8. The molecule has 0 spiro atoms. The molecule has 0 aromatic heterocycles. The topological polar surface area (TPSA) is 12.0 Å². The zero-order valence-corrected chi connectivity index (χ0v) is 17.4. The molecule has 1 aromatic rings. The van der Waals surface area contributed by atoms with E-state index in [2.05, 4.69) is 12.2 Å². The minimum Gasteiger partial charge on any atom is -0.313 e. The molecule has 0 aliphatic heterocycles. The van der Waals surface area contributed by atoms with Crippen LogP contribution >= 0.6 is 35.6 Å². The monoisotopic (exact) mass is 393 g/mol. The molecule has 0 saturated carbocycles. The molecule has 24 heavy (non-hydrogen) atoms. The maximum Gasteiger partial charge on any atom is 0.0465 e. The minimum atomic E-state index is 0. The van der Waals surface area contributed by atoms with Crippen molar-refractivity contribution in [2.24, 2.45) is 0 Å². The quantitative estimate of drug-likeness (QED) is 0.317. The second-order valence-electron chi connectivity index (χ2n) is 6.45. The second-order valence-corrected chi connectivity index (χ2v) is 7.29. The summed E-state index contributed by atoms with van der Waals surface area (Å²) in [5.41, 5.74) is 1.12. The summed E-state index contributed by atoms with van der Waals surface area (Å²) >= 11 is 12.1. The Kier molecular flexibility index (Phi) is 16.5. The van der Waals surface area contributed by atoms with Crippen LogP contribution in [0.25, 0.3) is 0 Å². The van der Waals surface area contributed by atoms with E-state index in [-0.39, 0.29) is 12.4 Å². The average Bonchev–Trinajstić information content (AvgIpc) is 2.53. The third-order valence-corrected chi connectivity index (χ3v) is 4.87. The first-order valence-corrected chi connectivity index (χ1v) is 10.1. The standard InChI is InChI=1S/C20H33Cl2N.ClH/c1-2-3-4-5-6-7-8-9-10-11-12-15-23-17-18-13-14-19(21)16-20(18)22;/h13-14,16,23H,2-12,15,17H2,1H3;1H. The van der Waals surface area contributed by atoms with E-state index in [4.69, 9.17) is 23.2 Å². The Hall–Kier alpha value is 0.0500. The van der Waals surface area contributed by atoms with E-state index in [1.165, 1.54) is 70.6 Å². The zero-order valence-electron chi connectivity index (χ0n) is 15.1. The molecule has 1 aromatic carbocycles. The largest absolute Gasteiger partial charge is 0.313 e. The number of unbranched alkanes of at least 4 members (excludes halogenated alkanes) is 10. The average molecular weight is 395 g/mol. The smallest absolute Gasteiger partial charge is 0.0465 e. The molecule has 0 aliphatic carbocycles. The van der Waals surface area contributed by atoms with E-state index in [1.54, 1.807) is 0 Å². The second kappa shape index (κ2) is 16.5. The first kappa shape index (κ1) is 24.1. The van der Waals surface area contributed by atoms with Crippen LogP contribution in [0, 0.1) is 0 Å². The van der Waals surface area contributed by atoms with Crippen molar-refractivity contribution >= 4 is 35.6 Å². The SMILES string of the molecule is CCCCCCCCCCCCCNCc1ccc(Cl)cc1Cl.Cl. The van der Waals surface area contributed by atoms with Gasteiger partial charge in [0.15, 0.2) is 0 Å². The van der Waals surface area contributed by atoms with Gasteiger partial charge in [0.1, 0.15) is 0 Å². The summed E-state index contributed by atoms with van der Waals surface area (Å²) in [6, 6.07) is 5.70. The van der Waals surface area contributed by atoms with E-state index >= 15 is 0 Å². The molecule has 0 unspecified atom stereocenters. The summed E-state index contributed by atoms with van der Waals surface area (Å²) in [4.78, 5) is 0. The van der Waals surface area contributed by atoms with Gasteiger partial charge >= 0.3 is 0 Å². The highest BCUT2D eigenvalue weighted by Gasteiger charge is 2.00. The lowest BCUT2D eigenvalue weighted by atomic mass is 10.1. The molecular formula is C20H34Cl3N. The number of hydrogen-bond donors (Lipinski definition) is 1. The molecule has 0 radical (unpaired) electrons. The predicted molar refractivity (Wildman–Crippen MR) is 112 cm³/mol. The first-order valence-electron chi connectivity index (χ1n) is 9.38. The van der Waals surface area contributed by atoms with Crippen molar-refractivity contribution < 1.29 is 0 Å². The highest BCUT2D eigenvalue weighted by Crippen LogP contribution is 2.20. The Labute approximate surface area is 165 Å². The van der Waals surface area contributed by atoms with E-state index in [0.29, 0.717) is 5.02 Å². The molecule has 1 N–H and O–H groups in total. The van der Waals surface area contributed by atoms with Crippen LogP contribution in [0.4, 0.5) is 0 Å². The molecule has 0 fully saturated rings. The number of nitrogens with one attached hydrogen (secondary N) is 1. The molecule has 4 heteroatoms. The summed E-state index contributed by atoms with van der Waals surface area (Å²) in [5, 5.41) is 4.92. The number of rotatable bonds is 14. The van der Waals surface area contributed by atoms with Gasteiger partial charge in [-0.2, -0.15) is 0 Å². The van der Waals surface area contributed by atoms with Gasteiger partial charge in [-0.25, -0.2) is 0 Å². The Morgan fingerprint density at radius 1 is 0.792 bits per heavy atom. The summed E-state index contributed by atoms with van der Waals surface area (Å²) < 4.78 is 0. The van der Waals surface area contributed by atoms with Crippen molar-refractivity contribution in [3.05, 3.63) is 33.8 Å². The molecular weight excluding hydrogens is 361 g/mol. The highest BCUT2D eigenvalue weighted by atomic mass is 35.5. The van der Waals surface area contributed by atoms with Gasteiger partial charge in [-0.1, -0.05) is 100 Å². The van der Waals surface area contributed by atoms with E-state index in [0.717, 1.165) is 23.7 Å². The molecule has 0 bridgehead atoms. The van der Waals surface area contributed by atoms with Crippen LogP contribution < -0.4 is 5.32 Å². The van der Waals surface area contributed by atoms with Crippen LogP contribution in [0.5, 0.6) is 0 Å². The Morgan fingerprint density at radius 2 is 1.33 bits per heavy atom. The van der Waals surface area contributed by atoms with Gasteiger partial charge < -0.3 is 5.32 Å². The lowest BCUT2D eigenvalue weighted by Gasteiger charge is -2.07. The maximum atomic E-state index is 6.16. The number of hydrogen-bond acceptors (Lipinski definition) is 1. The number of halogens is 3. The fraction of sp³-hybridized carbons (Fsp3) is 0.700. The van der Waals surface area contributed by atoms with Gasteiger partial charge in [0, 0.05) is 16.6 Å². The van der Waals surface area contributed by atoms with Crippen molar-refractivity contribution in [1.29, 1.82) is 0 Å². The Balaban J connectivity index is 0.00000529. The third kappa shape index (κ3) is 12.4. The summed E-state index contributed by atoms with van der Waals surface area (Å²) in [6.07, 6.45) is 15.3. The van der Waals surface area contributed by atoms with Crippen LogP contribution in [0.1, 0.15) is 83.1 Å². The van der Waals surface area contributed by atoms with Crippen molar-refractivity contribution in [3.63, 3.8) is 0 Å². The molecule has 0 atom stereocenters. The molecule has 1 rings (SSSR count). The summed E-state index contributed by atoms with van der Waals surface area (Å²) in [7, 11) is 0. The Morgan fingerprint density at radius 3 is 1.88 bits per heavy atom. The molecule has 0 amide bonds. The fourth-order valence-electron chi connectivity index (χ4n) is 2.80. The van der Waals surface area contributed by atoms with Crippen LogP contribution in [0.3, 0.4) is 0 Å². The summed E-state index contributed by atoms with van der Waals surface area (Å²) in [6.45, 7) is 4.17. The Bertz CT molecular complexity index is 410. The van der Waals surface area contributed by atoms with Crippen molar-refractivity contribution in [1.82, 2.24) is 5.32 Å². The third-order valence-electron chi connectivity index (χ3n) is 4.29. The van der Waals surface area contributed by atoms with Crippen LogP contribution in [0.2, 0.25) is 10.0 Å². The van der Waals surface area contributed by atoms with E-state index < -0.39 is 0 Å². The van der Waals surface area contributed by atoms with E-state index in [1.807, 2.05) is 18.2 Å². The lowest BCUT2D eigenvalue weighted by Crippen LogP contribution is -2.14. The summed E-state index contributed by atoms with van der Waals surface area (Å²) in [5.74, 6) is 0. The van der Waals surface area contributed by atoms with Crippen molar-refractivity contribution in [2.45, 2.75) is 84.1 Å². The maximum absolute atomic E-state index is 6.16. The van der Waals surface area contributed by atoms with Crippen LogP contribution in [-0.4, -0.2) is 6.54 Å². The first-order chi connectivity index (χ1) is 11.2.